The Bertz CT molecular complexity index is 728. The maximum atomic E-state index is 4.38. The lowest BCUT2D eigenvalue weighted by atomic mass is 10.00. The van der Waals surface area contributed by atoms with Crippen molar-refractivity contribution in [1.29, 1.82) is 0 Å². The quantitative estimate of drug-likeness (QED) is 0.822. The number of aryl methyl sites for hydroxylation is 1. The molecule has 0 amide bonds. The molecule has 2 heterocycles. The van der Waals surface area contributed by atoms with Gasteiger partial charge in [0.15, 0.2) is 5.82 Å². The summed E-state index contributed by atoms with van der Waals surface area (Å²) in [5.74, 6) is 1.46. The van der Waals surface area contributed by atoms with E-state index < -0.39 is 0 Å². The van der Waals surface area contributed by atoms with Crippen LogP contribution in [0.1, 0.15) is 56.7 Å². The molecule has 26 heavy (non-hydrogen) atoms. The highest BCUT2D eigenvalue weighted by Crippen LogP contribution is 2.31. The molecule has 1 saturated heterocycles. The zero-order valence-corrected chi connectivity index (χ0v) is 17.0. The highest BCUT2D eigenvalue weighted by Gasteiger charge is 2.32. The normalized spacial score (nSPS) is 17.3. The Labute approximate surface area is 157 Å². The van der Waals surface area contributed by atoms with Crippen LogP contribution in [-0.2, 0) is 0 Å². The summed E-state index contributed by atoms with van der Waals surface area (Å²) >= 11 is 0. The second-order valence-electron chi connectivity index (χ2n) is 8.01. The summed E-state index contributed by atoms with van der Waals surface area (Å²) in [5.41, 5.74) is 4.13. The predicted molar refractivity (Wildman–Crippen MR) is 105 cm³/mol. The molecule has 0 N–H and O–H groups in total. The van der Waals surface area contributed by atoms with E-state index in [0.717, 1.165) is 32.0 Å². The van der Waals surface area contributed by atoms with Crippen molar-refractivity contribution in [2.75, 3.05) is 31.1 Å². The molecule has 142 valence electrons. The van der Waals surface area contributed by atoms with Gasteiger partial charge in [-0.1, -0.05) is 26.0 Å². The number of hydrogen-bond acceptors (Lipinski definition) is 5. The smallest absolute Gasteiger partial charge is 0.168 e. The molecule has 2 aromatic rings. The molecule has 6 heteroatoms. The van der Waals surface area contributed by atoms with Crippen molar-refractivity contribution in [2.45, 2.75) is 53.6 Å². The number of nitrogens with zero attached hydrogens (tertiary/aromatic N) is 6. The molecular formula is C20H32N6. The molecule has 0 aliphatic carbocycles. The highest BCUT2D eigenvalue weighted by atomic mass is 15.6. The topological polar surface area (TPSA) is 50.1 Å². The number of tetrazole rings is 1. The van der Waals surface area contributed by atoms with Crippen LogP contribution in [0.4, 0.5) is 5.69 Å². The molecule has 0 spiro atoms. The lowest BCUT2D eigenvalue weighted by molar-refractivity contribution is 0.133. The molecular weight excluding hydrogens is 324 g/mol. The zero-order chi connectivity index (χ0) is 18.8. The van der Waals surface area contributed by atoms with Gasteiger partial charge in [0.05, 0.1) is 12.1 Å². The van der Waals surface area contributed by atoms with E-state index in [1.165, 1.54) is 16.8 Å². The fraction of sp³-hybridized carbons (Fsp3) is 0.650. The average molecular weight is 357 g/mol. The van der Waals surface area contributed by atoms with E-state index in [4.69, 9.17) is 0 Å². The number of hydrogen-bond donors (Lipinski definition) is 0. The summed E-state index contributed by atoms with van der Waals surface area (Å²) in [6.07, 6.45) is 0. The molecule has 1 aromatic carbocycles. The van der Waals surface area contributed by atoms with E-state index in [0.29, 0.717) is 5.92 Å². The number of aromatic nitrogens is 4. The third-order valence-electron chi connectivity index (χ3n) is 5.53. The zero-order valence-electron chi connectivity index (χ0n) is 17.0. The third-order valence-corrected chi connectivity index (χ3v) is 5.53. The first kappa shape index (κ1) is 18.8. The van der Waals surface area contributed by atoms with Crippen molar-refractivity contribution >= 4 is 5.69 Å². The monoisotopic (exact) mass is 356 g/mol. The van der Waals surface area contributed by atoms with Crippen LogP contribution in [0.5, 0.6) is 0 Å². The van der Waals surface area contributed by atoms with Gasteiger partial charge in [0.1, 0.15) is 0 Å². The van der Waals surface area contributed by atoms with Crippen molar-refractivity contribution < 1.29 is 0 Å². The number of piperazine rings is 1. The minimum absolute atomic E-state index is 0.258. The van der Waals surface area contributed by atoms with Gasteiger partial charge in [0.25, 0.3) is 0 Å². The fourth-order valence-corrected chi connectivity index (χ4v) is 3.97. The van der Waals surface area contributed by atoms with Crippen molar-refractivity contribution in [3.05, 3.63) is 35.2 Å². The Hall–Kier alpha value is -1.95. The van der Waals surface area contributed by atoms with Gasteiger partial charge in [-0.3, -0.25) is 4.90 Å². The van der Waals surface area contributed by atoms with E-state index >= 15 is 0 Å². The van der Waals surface area contributed by atoms with Gasteiger partial charge >= 0.3 is 0 Å². The summed E-state index contributed by atoms with van der Waals surface area (Å²) in [6, 6.07) is 7.13. The third kappa shape index (κ3) is 3.61. The van der Waals surface area contributed by atoms with Gasteiger partial charge in [0.2, 0.25) is 0 Å². The summed E-state index contributed by atoms with van der Waals surface area (Å²) in [5, 5.41) is 12.6. The highest BCUT2D eigenvalue weighted by molar-refractivity contribution is 5.56. The van der Waals surface area contributed by atoms with E-state index in [-0.39, 0.29) is 12.1 Å². The fourth-order valence-electron chi connectivity index (χ4n) is 3.97. The Kier molecular flexibility index (Phi) is 5.61. The maximum Gasteiger partial charge on any atom is 0.168 e. The minimum atomic E-state index is 0.258. The van der Waals surface area contributed by atoms with Crippen LogP contribution in [0.25, 0.3) is 0 Å². The van der Waals surface area contributed by atoms with Crippen molar-refractivity contribution in [3.63, 3.8) is 0 Å². The molecule has 0 unspecified atom stereocenters. The Morgan fingerprint density at radius 1 is 0.962 bits per heavy atom. The Balaban J connectivity index is 1.76. The second kappa shape index (κ2) is 7.74. The summed E-state index contributed by atoms with van der Waals surface area (Å²) in [6.45, 7) is 17.4. The summed E-state index contributed by atoms with van der Waals surface area (Å²) in [7, 11) is 0. The molecule has 1 aliphatic rings. The average Bonchev–Trinajstić information content (AvgIpc) is 3.07. The summed E-state index contributed by atoms with van der Waals surface area (Å²) in [4.78, 5) is 5.07. The van der Waals surface area contributed by atoms with Crippen LogP contribution < -0.4 is 4.90 Å². The van der Waals surface area contributed by atoms with E-state index in [9.17, 15) is 0 Å². The maximum absolute atomic E-state index is 4.38. The molecule has 3 rings (SSSR count). The van der Waals surface area contributed by atoms with Crippen LogP contribution in [0.2, 0.25) is 0 Å². The van der Waals surface area contributed by atoms with E-state index in [2.05, 4.69) is 85.1 Å². The first-order valence-corrected chi connectivity index (χ1v) is 9.73. The standard InChI is InChI=1S/C20H32N6/c1-14(2)19(20-21-22-23-26(20)15(3)4)25-12-10-24(11-13-25)18-9-7-8-16(5)17(18)6/h7-9,14-15,19H,10-13H2,1-6H3/t19-/m1/s1. The lowest BCUT2D eigenvalue weighted by Crippen LogP contribution is -2.49. The SMILES string of the molecule is Cc1cccc(N2CCN([C@@H](c3nnnn3C(C)C)C(C)C)CC2)c1C. The molecule has 0 bridgehead atoms. The van der Waals surface area contributed by atoms with E-state index in [1.54, 1.807) is 0 Å². The lowest BCUT2D eigenvalue weighted by Gasteiger charge is -2.41. The van der Waals surface area contributed by atoms with Crippen LogP contribution in [-0.4, -0.2) is 51.3 Å². The molecule has 0 saturated carbocycles. The van der Waals surface area contributed by atoms with Crippen molar-refractivity contribution in [2.24, 2.45) is 5.92 Å². The van der Waals surface area contributed by atoms with Gasteiger partial charge in [0, 0.05) is 31.9 Å². The second-order valence-corrected chi connectivity index (χ2v) is 8.01. The van der Waals surface area contributed by atoms with Crippen molar-refractivity contribution in [1.82, 2.24) is 25.1 Å². The van der Waals surface area contributed by atoms with Gasteiger partial charge < -0.3 is 4.90 Å². The van der Waals surface area contributed by atoms with Crippen LogP contribution >= 0.6 is 0 Å². The predicted octanol–water partition coefficient (Wildman–Crippen LogP) is 3.39. The molecule has 1 aliphatic heterocycles. The number of anilines is 1. The number of rotatable bonds is 5. The molecule has 1 aromatic heterocycles. The van der Waals surface area contributed by atoms with Crippen LogP contribution in [0.15, 0.2) is 18.2 Å². The largest absolute Gasteiger partial charge is 0.369 e. The number of benzene rings is 1. The molecule has 6 nitrogen and oxygen atoms in total. The molecule has 0 radical (unpaired) electrons. The molecule has 1 atom stereocenters. The van der Waals surface area contributed by atoms with Crippen molar-refractivity contribution in [3.8, 4) is 0 Å². The Morgan fingerprint density at radius 3 is 2.27 bits per heavy atom. The van der Waals surface area contributed by atoms with Gasteiger partial charge in [-0.2, -0.15) is 0 Å². The molecule has 1 fully saturated rings. The summed E-state index contributed by atoms with van der Waals surface area (Å²) < 4.78 is 1.97. The Morgan fingerprint density at radius 2 is 1.65 bits per heavy atom. The first-order chi connectivity index (χ1) is 12.4. The minimum Gasteiger partial charge on any atom is -0.369 e. The van der Waals surface area contributed by atoms with Gasteiger partial charge in [-0.25, -0.2) is 4.68 Å². The van der Waals surface area contributed by atoms with E-state index in [1.807, 2.05) is 4.68 Å². The van der Waals surface area contributed by atoms with Crippen LogP contribution in [0, 0.1) is 19.8 Å². The van der Waals surface area contributed by atoms with Gasteiger partial charge in [-0.05, 0) is 61.2 Å². The first-order valence-electron chi connectivity index (χ1n) is 9.73. The van der Waals surface area contributed by atoms with Gasteiger partial charge in [-0.15, -0.1) is 5.10 Å². The van der Waals surface area contributed by atoms with Crippen LogP contribution in [0.3, 0.4) is 0 Å².